The Bertz CT molecular complexity index is 282. The molecule has 0 atom stereocenters. The number of hydrogen-bond donors (Lipinski definition) is 1. The number of benzene rings is 1. The zero-order chi connectivity index (χ0) is 10.8. The van der Waals surface area contributed by atoms with E-state index < -0.39 is 0 Å². The maximum atomic E-state index is 5.66. The van der Waals surface area contributed by atoms with Gasteiger partial charge in [0, 0.05) is 23.5 Å². The predicted octanol–water partition coefficient (Wildman–Crippen LogP) is 2.89. The Kier molecular flexibility index (Phi) is 3.04. The first-order chi connectivity index (χ1) is 6.45. The zero-order valence-electron chi connectivity index (χ0n) is 9.54. The molecular formula is C12H20N2. The summed E-state index contributed by atoms with van der Waals surface area (Å²) in [4.78, 5) is 2.35. The molecule has 0 aromatic heterocycles. The lowest BCUT2D eigenvalue weighted by Gasteiger charge is -2.37. The van der Waals surface area contributed by atoms with Crippen LogP contribution in [0.3, 0.4) is 0 Å². The first-order valence-corrected chi connectivity index (χ1v) is 5.08. The monoisotopic (exact) mass is 192 g/mol. The van der Waals surface area contributed by atoms with Gasteiger partial charge in [0.2, 0.25) is 0 Å². The summed E-state index contributed by atoms with van der Waals surface area (Å²) < 4.78 is 0. The molecule has 1 aromatic carbocycles. The first-order valence-electron chi connectivity index (χ1n) is 5.08. The highest BCUT2D eigenvalue weighted by molar-refractivity contribution is 5.54. The fourth-order valence-corrected chi connectivity index (χ4v) is 1.70. The highest BCUT2D eigenvalue weighted by Crippen LogP contribution is 2.23. The predicted molar refractivity (Wildman–Crippen MR) is 63.6 cm³/mol. The van der Waals surface area contributed by atoms with Crippen molar-refractivity contribution in [3.8, 4) is 0 Å². The van der Waals surface area contributed by atoms with Gasteiger partial charge >= 0.3 is 0 Å². The standard InChI is InChI=1S/C12H20N2/c1-5-14(12(2,3)4)11-8-6-10(13)7-9-11/h6-9H,5,13H2,1-4H3. The summed E-state index contributed by atoms with van der Waals surface area (Å²) in [6.07, 6.45) is 0. The molecular weight excluding hydrogens is 172 g/mol. The third-order valence-electron chi connectivity index (χ3n) is 2.33. The average molecular weight is 192 g/mol. The van der Waals surface area contributed by atoms with E-state index in [-0.39, 0.29) is 5.54 Å². The highest BCUT2D eigenvalue weighted by Gasteiger charge is 2.19. The Morgan fingerprint density at radius 2 is 1.64 bits per heavy atom. The molecule has 0 fully saturated rings. The fraction of sp³-hybridized carbons (Fsp3) is 0.500. The molecule has 2 N–H and O–H groups in total. The van der Waals surface area contributed by atoms with E-state index in [1.165, 1.54) is 5.69 Å². The Balaban J connectivity index is 2.96. The van der Waals surface area contributed by atoms with Gasteiger partial charge in [-0.3, -0.25) is 0 Å². The van der Waals surface area contributed by atoms with Gasteiger partial charge in [0.25, 0.3) is 0 Å². The summed E-state index contributed by atoms with van der Waals surface area (Å²) in [5, 5.41) is 0. The summed E-state index contributed by atoms with van der Waals surface area (Å²) in [7, 11) is 0. The second kappa shape index (κ2) is 3.91. The van der Waals surface area contributed by atoms with Crippen LogP contribution in [0.25, 0.3) is 0 Å². The zero-order valence-corrected chi connectivity index (χ0v) is 9.54. The molecule has 0 radical (unpaired) electrons. The molecule has 0 aliphatic carbocycles. The van der Waals surface area contributed by atoms with Crippen molar-refractivity contribution in [3.05, 3.63) is 24.3 Å². The van der Waals surface area contributed by atoms with Crippen molar-refractivity contribution in [2.24, 2.45) is 0 Å². The van der Waals surface area contributed by atoms with Crippen LogP contribution in [0, 0.1) is 0 Å². The molecule has 1 aromatic rings. The van der Waals surface area contributed by atoms with Crippen molar-refractivity contribution in [2.45, 2.75) is 33.2 Å². The van der Waals surface area contributed by atoms with E-state index >= 15 is 0 Å². The van der Waals surface area contributed by atoms with Crippen LogP contribution in [-0.4, -0.2) is 12.1 Å². The normalized spacial score (nSPS) is 11.4. The molecule has 2 heteroatoms. The van der Waals surface area contributed by atoms with Gasteiger partial charge in [-0.2, -0.15) is 0 Å². The molecule has 0 saturated carbocycles. The van der Waals surface area contributed by atoms with Gasteiger partial charge in [0.05, 0.1) is 0 Å². The van der Waals surface area contributed by atoms with E-state index in [0.717, 1.165) is 12.2 Å². The van der Waals surface area contributed by atoms with Crippen molar-refractivity contribution in [1.29, 1.82) is 0 Å². The lowest BCUT2D eigenvalue weighted by atomic mass is 10.0. The number of hydrogen-bond acceptors (Lipinski definition) is 2. The van der Waals surface area contributed by atoms with Crippen LogP contribution in [-0.2, 0) is 0 Å². The maximum Gasteiger partial charge on any atom is 0.0371 e. The van der Waals surface area contributed by atoms with Gasteiger partial charge in [0.15, 0.2) is 0 Å². The number of nitrogen functional groups attached to an aromatic ring is 1. The first kappa shape index (κ1) is 10.9. The molecule has 2 nitrogen and oxygen atoms in total. The van der Waals surface area contributed by atoms with E-state index in [2.05, 4.69) is 44.7 Å². The van der Waals surface area contributed by atoms with Crippen LogP contribution in [0.1, 0.15) is 27.7 Å². The lowest BCUT2D eigenvalue weighted by Crippen LogP contribution is -2.41. The largest absolute Gasteiger partial charge is 0.399 e. The minimum atomic E-state index is 0.158. The minimum Gasteiger partial charge on any atom is -0.399 e. The highest BCUT2D eigenvalue weighted by atomic mass is 15.2. The molecule has 0 unspecified atom stereocenters. The lowest BCUT2D eigenvalue weighted by molar-refractivity contribution is 0.513. The Labute approximate surface area is 86.7 Å². The molecule has 0 heterocycles. The number of nitrogens with zero attached hydrogens (tertiary/aromatic N) is 1. The van der Waals surface area contributed by atoms with Crippen molar-refractivity contribution in [3.63, 3.8) is 0 Å². The summed E-state index contributed by atoms with van der Waals surface area (Å²) in [6, 6.07) is 8.04. The molecule has 78 valence electrons. The third-order valence-corrected chi connectivity index (χ3v) is 2.33. The molecule has 0 spiro atoms. The number of rotatable bonds is 2. The molecule has 0 aliphatic heterocycles. The van der Waals surface area contributed by atoms with Gasteiger partial charge in [-0.1, -0.05) is 0 Å². The van der Waals surface area contributed by atoms with E-state index in [1.807, 2.05) is 12.1 Å². The fourth-order valence-electron chi connectivity index (χ4n) is 1.70. The topological polar surface area (TPSA) is 29.3 Å². The van der Waals surface area contributed by atoms with Gasteiger partial charge in [-0.25, -0.2) is 0 Å². The van der Waals surface area contributed by atoms with Crippen LogP contribution in [0.5, 0.6) is 0 Å². The smallest absolute Gasteiger partial charge is 0.0371 e. The quantitative estimate of drug-likeness (QED) is 0.730. The molecule has 0 aliphatic rings. The van der Waals surface area contributed by atoms with Crippen LogP contribution in [0.2, 0.25) is 0 Å². The summed E-state index contributed by atoms with van der Waals surface area (Å²) in [6.45, 7) is 9.82. The summed E-state index contributed by atoms with van der Waals surface area (Å²) >= 11 is 0. The van der Waals surface area contributed by atoms with E-state index in [4.69, 9.17) is 5.73 Å². The summed E-state index contributed by atoms with van der Waals surface area (Å²) in [5.74, 6) is 0. The van der Waals surface area contributed by atoms with Crippen molar-refractivity contribution < 1.29 is 0 Å². The van der Waals surface area contributed by atoms with Crippen LogP contribution in [0.15, 0.2) is 24.3 Å². The van der Waals surface area contributed by atoms with Crippen molar-refractivity contribution in [1.82, 2.24) is 0 Å². The van der Waals surface area contributed by atoms with Gasteiger partial charge in [-0.05, 0) is 52.0 Å². The Morgan fingerprint density at radius 1 is 1.14 bits per heavy atom. The maximum absolute atomic E-state index is 5.66. The van der Waals surface area contributed by atoms with E-state index in [9.17, 15) is 0 Å². The van der Waals surface area contributed by atoms with Crippen LogP contribution in [0.4, 0.5) is 11.4 Å². The van der Waals surface area contributed by atoms with E-state index in [1.54, 1.807) is 0 Å². The second-order valence-corrected chi connectivity index (χ2v) is 4.51. The third kappa shape index (κ3) is 2.41. The molecule has 0 saturated heterocycles. The van der Waals surface area contributed by atoms with Gasteiger partial charge in [0.1, 0.15) is 0 Å². The van der Waals surface area contributed by atoms with Crippen molar-refractivity contribution >= 4 is 11.4 Å². The Morgan fingerprint density at radius 3 is 2.00 bits per heavy atom. The minimum absolute atomic E-state index is 0.158. The van der Waals surface area contributed by atoms with Crippen LogP contribution < -0.4 is 10.6 Å². The number of anilines is 2. The average Bonchev–Trinajstić information content (AvgIpc) is 2.07. The summed E-state index contributed by atoms with van der Waals surface area (Å²) in [5.41, 5.74) is 7.87. The molecule has 0 bridgehead atoms. The van der Waals surface area contributed by atoms with Gasteiger partial charge in [-0.15, -0.1) is 0 Å². The molecule has 0 amide bonds. The number of nitrogens with two attached hydrogens (primary N) is 1. The van der Waals surface area contributed by atoms with Crippen LogP contribution >= 0.6 is 0 Å². The molecule has 1 rings (SSSR count). The van der Waals surface area contributed by atoms with E-state index in [0.29, 0.717) is 0 Å². The second-order valence-electron chi connectivity index (χ2n) is 4.51. The van der Waals surface area contributed by atoms with Gasteiger partial charge < -0.3 is 10.6 Å². The SMILES string of the molecule is CCN(c1ccc(N)cc1)C(C)(C)C. The Hall–Kier alpha value is -1.18. The molecule has 14 heavy (non-hydrogen) atoms. The van der Waals surface area contributed by atoms with Crippen molar-refractivity contribution in [2.75, 3.05) is 17.2 Å².